The van der Waals surface area contributed by atoms with Crippen molar-refractivity contribution in [1.82, 2.24) is 9.55 Å². The number of benzene rings is 1. The van der Waals surface area contributed by atoms with Crippen LogP contribution in [0, 0.1) is 0 Å². The molecule has 0 saturated carbocycles. The van der Waals surface area contributed by atoms with E-state index in [1.165, 1.54) is 5.56 Å². The van der Waals surface area contributed by atoms with E-state index in [0.717, 1.165) is 12.4 Å². The summed E-state index contributed by atoms with van der Waals surface area (Å²) in [4.78, 5) is 4.37. The first-order valence-electron chi connectivity index (χ1n) is 5.32. The Morgan fingerprint density at radius 2 is 1.93 bits per heavy atom. The van der Waals surface area contributed by atoms with Crippen molar-refractivity contribution in [3.8, 4) is 0 Å². The second kappa shape index (κ2) is 4.30. The molecule has 0 spiro atoms. The Kier molecular flexibility index (Phi) is 2.86. The van der Waals surface area contributed by atoms with Gasteiger partial charge in [-0.3, -0.25) is 0 Å². The Bertz CT molecular complexity index is 415. The smallest absolute Gasteiger partial charge is 0.111 e. The van der Waals surface area contributed by atoms with E-state index in [1.54, 1.807) is 0 Å². The van der Waals surface area contributed by atoms with Gasteiger partial charge in [-0.25, -0.2) is 4.98 Å². The Morgan fingerprint density at radius 1 is 1.20 bits per heavy atom. The molecule has 0 radical (unpaired) electrons. The summed E-state index contributed by atoms with van der Waals surface area (Å²) >= 11 is 0. The molecule has 2 rings (SSSR count). The first-order valence-corrected chi connectivity index (χ1v) is 5.32. The SMILES string of the molecule is CC(C)c1nccn1Cc1ccccc1. The standard InChI is InChI=1S/C13H16N2/c1-11(2)13-14-8-9-15(13)10-12-6-4-3-5-7-12/h3-9,11H,10H2,1-2H3. The molecule has 2 heteroatoms. The highest BCUT2D eigenvalue weighted by atomic mass is 15.1. The lowest BCUT2D eigenvalue weighted by atomic mass is 10.2. The summed E-state index contributed by atoms with van der Waals surface area (Å²) in [6, 6.07) is 10.5. The number of hydrogen-bond acceptors (Lipinski definition) is 1. The third kappa shape index (κ3) is 2.27. The molecule has 0 unspecified atom stereocenters. The van der Waals surface area contributed by atoms with Crippen LogP contribution in [0.5, 0.6) is 0 Å². The van der Waals surface area contributed by atoms with Gasteiger partial charge in [-0.15, -0.1) is 0 Å². The highest BCUT2D eigenvalue weighted by molar-refractivity contribution is 5.16. The predicted molar refractivity (Wildman–Crippen MR) is 61.9 cm³/mol. The quantitative estimate of drug-likeness (QED) is 0.744. The molecular formula is C13H16N2. The molecule has 2 aromatic rings. The van der Waals surface area contributed by atoms with Crippen LogP contribution < -0.4 is 0 Å². The third-order valence-electron chi connectivity index (χ3n) is 2.46. The van der Waals surface area contributed by atoms with Gasteiger partial charge in [0.2, 0.25) is 0 Å². The number of rotatable bonds is 3. The molecule has 2 nitrogen and oxygen atoms in total. The van der Waals surface area contributed by atoms with Crippen molar-refractivity contribution >= 4 is 0 Å². The minimum absolute atomic E-state index is 0.476. The highest BCUT2D eigenvalue weighted by Gasteiger charge is 2.06. The summed E-state index contributed by atoms with van der Waals surface area (Å²) in [7, 11) is 0. The third-order valence-corrected chi connectivity index (χ3v) is 2.46. The summed E-state index contributed by atoms with van der Waals surface area (Å²) < 4.78 is 2.21. The van der Waals surface area contributed by atoms with Crippen molar-refractivity contribution in [1.29, 1.82) is 0 Å². The van der Waals surface area contributed by atoms with Crippen molar-refractivity contribution in [3.63, 3.8) is 0 Å². The number of imidazole rings is 1. The van der Waals surface area contributed by atoms with E-state index >= 15 is 0 Å². The van der Waals surface area contributed by atoms with Gasteiger partial charge in [-0.1, -0.05) is 44.2 Å². The minimum Gasteiger partial charge on any atom is -0.330 e. The van der Waals surface area contributed by atoms with Crippen LogP contribution in [0.3, 0.4) is 0 Å². The van der Waals surface area contributed by atoms with E-state index in [-0.39, 0.29) is 0 Å². The average Bonchev–Trinajstić information content (AvgIpc) is 2.67. The van der Waals surface area contributed by atoms with Gasteiger partial charge in [0, 0.05) is 24.9 Å². The zero-order valence-electron chi connectivity index (χ0n) is 9.22. The van der Waals surface area contributed by atoms with Gasteiger partial charge in [0.25, 0.3) is 0 Å². The van der Waals surface area contributed by atoms with Crippen molar-refractivity contribution in [2.24, 2.45) is 0 Å². The largest absolute Gasteiger partial charge is 0.330 e. The normalized spacial score (nSPS) is 10.9. The number of aromatic nitrogens is 2. The fourth-order valence-electron chi connectivity index (χ4n) is 1.74. The lowest BCUT2D eigenvalue weighted by Crippen LogP contribution is -2.05. The van der Waals surface area contributed by atoms with Gasteiger partial charge in [-0.2, -0.15) is 0 Å². The van der Waals surface area contributed by atoms with Crippen LogP contribution in [0.15, 0.2) is 42.7 Å². The minimum atomic E-state index is 0.476. The van der Waals surface area contributed by atoms with Crippen LogP contribution in [0.4, 0.5) is 0 Å². The molecule has 0 saturated heterocycles. The van der Waals surface area contributed by atoms with Crippen LogP contribution >= 0.6 is 0 Å². The fraction of sp³-hybridized carbons (Fsp3) is 0.308. The lowest BCUT2D eigenvalue weighted by molar-refractivity contribution is 0.670. The maximum absolute atomic E-state index is 4.37. The summed E-state index contributed by atoms with van der Waals surface area (Å²) in [6.45, 7) is 5.25. The fourth-order valence-corrected chi connectivity index (χ4v) is 1.74. The van der Waals surface area contributed by atoms with Gasteiger partial charge >= 0.3 is 0 Å². The van der Waals surface area contributed by atoms with Gasteiger partial charge in [0.1, 0.15) is 5.82 Å². The Morgan fingerprint density at radius 3 is 2.60 bits per heavy atom. The van der Waals surface area contributed by atoms with Crippen molar-refractivity contribution in [3.05, 3.63) is 54.1 Å². The number of nitrogens with zero attached hydrogens (tertiary/aromatic N) is 2. The van der Waals surface area contributed by atoms with Crippen LogP contribution in [0.25, 0.3) is 0 Å². The van der Waals surface area contributed by atoms with Crippen molar-refractivity contribution < 1.29 is 0 Å². The zero-order chi connectivity index (χ0) is 10.7. The highest BCUT2D eigenvalue weighted by Crippen LogP contribution is 2.13. The summed E-state index contributed by atoms with van der Waals surface area (Å²) in [5.74, 6) is 1.63. The Balaban J connectivity index is 2.21. The molecule has 15 heavy (non-hydrogen) atoms. The van der Waals surface area contributed by atoms with Crippen LogP contribution in [0.1, 0.15) is 31.2 Å². The van der Waals surface area contributed by atoms with Crippen LogP contribution in [-0.2, 0) is 6.54 Å². The molecule has 0 atom stereocenters. The molecule has 0 fully saturated rings. The molecule has 1 aromatic heterocycles. The maximum atomic E-state index is 4.37. The molecule has 0 amide bonds. The van der Waals surface area contributed by atoms with Crippen LogP contribution in [-0.4, -0.2) is 9.55 Å². The molecule has 0 aliphatic rings. The molecule has 0 N–H and O–H groups in total. The second-order valence-corrected chi connectivity index (χ2v) is 4.05. The number of hydrogen-bond donors (Lipinski definition) is 0. The van der Waals surface area contributed by atoms with Gasteiger partial charge < -0.3 is 4.57 Å². The molecular weight excluding hydrogens is 184 g/mol. The molecule has 78 valence electrons. The van der Waals surface area contributed by atoms with E-state index in [9.17, 15) is 0 Å². The second-order valence-electron chi connectivity index (χ2n) is 4.05. The van der Waals surface area contributed by atoms with Gasteiger partial charge in [0.15, 0.2) is 0 Å². The first-order chi connectivity index (χ1) is 7.27. The monoisotopic (exact) mass is 200 g/mol. The Labute approximate surface area is 90.6 Å². The Hall–Kier alpha value is -1.57. The van der Waals surface area contributed by atoms with Crippen LogP contribution in [0.2, 0.25) is 0 Å². The van der Waals surface area contributed by atoms with Gasteiger partial charge in [-0.05, 0) is 5.56 Å². The van der Waals surface area contributed by atoms with E-state index in [2.05, 4.69) is 47.7 Å². The summed E-state index contributed by atoms with van der Waals surface area (Å²) in [6.07, 6.45) is 3.92. The summed E-state index contributed by atoms with van der Waals surface area (Å²) in [5.41, 5.74) is 1.32. The molecule has 1 heterocycles. The molecule has 0 aliphatic heterocycles. The topological polar surface area (TPSA) is 17.8 Å². The van der Waals surface area contributed by atoms with E-state index in [0.29, 0.717) is 5.92 Å². The summed E-state index contributed by atoms with van der Waals surface area (Å²) in [5, 5.41) is 0. The van der Waals surface area contributed by atoms with E-state index < -0.39 is 0 Å². The van der Waals surface area contributed by atoms with Crippen molar-refractivity contribution in [2.75, 3.05) is 0 Å². The lowest BCUT2D eigenvalue weighted by Gasteiger charge is -2.10. The molecule has 0 aliphatic carbocycles. The zero-order valence-corrected chi connectivity index (χ0v) is 9.22. The molecule has 1 aromatic carbocycles. The van der Waals surface area contributed by atoms with E-state index in [1.807, 2.05) is 18.5 Å². The van der Waals surface area contributed by atoms with E-state index in [4.69, 9.17) is 0 Å². The van der Waals surface area contributed by atoms with Crippen molar-refractivity contribution in [2.45, 2.75) is 26.3 Å². The average molecular weight is 200 g/mol. The van der Waals surface area contributed by atoms with Gasteiger partial charge in [0.05, 0.1) is 0 Å². The predicted octanol–water partition coefficient (Wildman–Crippen LogP) is 3.05. The first kappa shape index (κ1) is 9.97. The molecule has 0 bridgehead atoms. The maximum Gasteiger partial charge on any atom is 0.111 e.